The minimum Gasteiger partial charge on any atom is -0.526 e. The molecular formula is C22H20N3O2V-. The Morgan fingerprint density at radius 3 is 2.71 bits per heavy atom. The van der Waals surface area contributed by atoms with Crippen LogP contribution in [0.3, 0.4) is 0 Å². The molecule has 1 aromatic heterocycles. The van der Waals surface area contributed by atoms with Gasteiger partial charge in [-0.2, -0.15) is 6.41 Å². The predicted molar refractivity (Wildman–Crippen MR) is 104 cm³/mol. The van der Waals surface area contributed by atoms with Crippen LogP contribution in [0.25, 0.3) is 0 Å². The second kappa shape index (κ2) is 8.51. The topological polar surface area (TPSA) is 54.3 Å². The molecule has 0 atom stereocenters. The van der Waals surface area contributed by atoms with Crippen LogP contribution in [0.15, 0.2) is 60.8 Å². The van der Waals surface area contributed by atoms with E-state index in [-0.39, 0.29) is 24.5 Å². The second-order valence-corrected chi connectivity index (χ2v) is 6.74. The van der Waals surface area contributed by atoms with E-state index in [9.17, 15) is 9.59 Å². The van der Waals surface area contributed by atoms with Gasteiger partial charge in [0.1, 0.15) is 0 Å². The maximum absolute atomic E-state index is 13.4. The fourth-order valence-corrected chi connectivity index (χ4v) is 3.58. The molecule has 1 N–H and O–H groups in total. The molecule has 2 aromatic carbocycles. The van der Waals surface area contributed by atoms with E-state index in [1.165, 1.54) is 0 Å². The first kappa shape index (κ1) is 20.0. The van der Waals surface area contributed by atoms with Gasteiger partial charge in [-0.1, -0.05) is 24.3 Å². The smallest absolute Gasteiger partial charge is 0.258 e. The molecular weight excluding hydrogens is 389 g/mol. The molecule has 2 amide bonds. The Labute approximate surface area is 176 Å². The van der Waals surface area contributed by atoms with E-state index >= 15 is 0 Å². The van der Waals surface area contributed by atoms with Crippen molar-refractivity contribution < 1.29 is 28.1 Å². The standard InChI is InChI=1S/C22H20N3O2.V/c1-16-11-17(8-9-18(16)12-23-15-26)22(27)25-14-20-6-4-10-24(20)13-19-5-2-3-7-21(19)25;/h2-11H,12-14H2,1H3,(H,23,26);/q-1;. The third kappa shape index (κ3) is 3.77. The van der Waals surface area contributed by atoms with Crippen LogP contribution in [0.1, 0.15) is 32.7 Å². The van der Waals surface area contributed by atoms with Crippen LogP contribution in [-0.2, 0) is 43.0 Å². The van der Waals surface area contributed by atoms with Crippen molar-refractivity contribution >= 4 is 18.0 Å². The molecule has 6 heteroatoms. The van der Waals surface area contributed by atoms with Gasteiger partial charge in [0.25, 0.3) is 5.91 Å². The summed E-state index contributed by atoms with van der Waals surface area (Å²) in [4.78, 5) is 25.6. The van der Waals surface area contributed by atoms with Crippen molar-refractivity contribution in [2.24, 2.45) is 0 Å². The Bertz CT molecular complexity index is 1010. The number of para-hydroxylation sites is 1. The first-order valence-corrected chi connectivity index (χ1v) is 8.90. The van der Waals surface area contributed by atoms with Crippen LogP contribution in [0.2, 0.25) is 0 Å². The molecule has 0 bridgehead atoms. The molecule has 0 saturated heterocycles. The molecule has 2 heterocycles. The van der Waals surface area contributed by atoms with Gasteiger partial charge in [0, 0.05) is 54.8 Å². The van der Waals surface area contributed by atoms with E-state index in [4.69, 9.17) is 0 Å². The van der Waals surface area contributed by atoms with Crippen molar-refractivity contribution in [1.29, 1.82) is 0 Å². The Hall–Kier alpha value is -2.76. The zero-order chi connectivity index (χ0) is 18.8. The molecule has 1 aliphatic heterocycles. The van der Waals surface area contributed by atoms with E-state index in [0.717, 1.165) is 34.6 Å². The van der Waals surface area contributed by atoms with Crippen molar-refractivity contribution in [2.45, 2.75) is 26.6 Å². The number of fused-ring (bicyclic) bond motifs is 2. The predicted octanol–water partition coefficient (Wildman–Crippen LogP) is 3.16. The number of hydrogen-bond donors (Lipinski definition) is 1. The van der Waals surface area contributed by atoms with Gasteiger partial charge in [0.2, 0.25) is 0 Å². The fraction of sp³-hybridized carbons (Fsp3) is 0.182. The summed E-state index contributed by atoms with van der Waals surface area (Å²) in [6.45, 7) is 3.64. The summed E-state index contributed by atoms with van der Waals surface area (Å²) in [6.07, 6.45) is 3.73. The van der Waals surface area contributed by atoms with E-state index < -0.39 is 0 Å². The van der Waals surface area contributed by atoms with Gasteiger partial charge in [-0.25, -0.2) is 0 Å². The van der Waals surface area contributed by atoms with Gasteiger partial charge < -0.3 is 19.6 Å². The van der Waals surface area contributed by atoms with Crippen LogP contribution >= 0.6 is 0 Å². The molecule has 1 radical (unpaired) electrons. The summed E-state index contributed by atoms with van der Waals surface area (Å²) in [5.74, 6) is -0.0262. The van der Waals surface area contributed by atoms with Crippen LogP contribution < -0.4 is 10.2 Å². The Kier molecular flexibility index (Phi) is 6.07. The molecule has 5 nitrogen and oxygen atoms in total. The number of carbonyl (C=O) groups is 1. The number of anilines is 1. The minimum atomic E-state index is -0.0262. The average molecular weight is 409 g/mol. The maximum atomic E-state index is 13.4. The van der Waals surface area contributed by atoms with Crippen LogP contribution in [0.4, 0.5) is 5.69 Å². The molecule has 0 saturated carbocycles. The Balaban J connectivity index is 0.00000225. The summed E-state index contributed by atoms with van der Waals surface area (Å²) in [7, 11) is 0. The average Bonchev–Trinajstić information content (AvgIpc) is 3.05. The number of aryl methyl sites for hydroxylation is 1. The first-order chi connectivity index (χ1) is 13.2. The SMILES string of the molecule is Cc1cc(C(=O)N2Cc3cccn3Cc3ccccc32)ccc1CN[C-]=O.[V]. The second-order valence-electron chi connectivity index (χ2n) is 6.74. The first-order valence-electron chi connectivity index (χ1n) is 8.90. The third-order valence-corrected chi connectivity index (χ3v) is 5.05. The van der Waals surface area contributed by atoms with Crippen molar-refractivity contribution in [3.8, 4) is 0 Å². The summed E-state index contributed by atoms with van der Waals surface area (Å²) in [5, 5.41) is 2.54. The molecule has 4 rings (SSSR count). The zero-order valence-electron chi connectivity index (χ0n) is 15.6. The van der Waals surface area contributed by atoms with E-state index in [1.807, 2.05) is 54.3 Å². The summed E-state index contributed by atoms with van der Waals surface area (Å²) >= 11 is 0. The van der Waals surface area contributed by atoms with Crippen LogP contribution in [0, 0.1) is 6.92 Å². The largest absolute Gasteiger partial charge is 0.526 e. The van der Waals surface area contributed by atoms with Crippen molar-refractivity contribution in [2.75, 3.05) is 4.90 Å². The molecule has 0 aliphatic carbocycles. The van der Waals surface area contributed by atoms with E-state index in [2.05, 4.69) is 28.2 Å². The van der Waals surface area contributed by atoms with Gasteiger partial charge in [0.05, 0.1) is 6.54 Å². The number of nitrogens with one attached hydrogen (secondary N) is 1. The van der Waals surface area contributed by atoms with Gasteiger partial charge >= 0.3 is 0 Å². The number of hydrogen-bond acceptors (Lipinski definition) is 2. The molecule has 141 valence electrons. The fourth-order valence-electron chi connectivity index (χ4n) is 3.58. The van der Waals surface area contributed by atoms with Crippen LogP contribution in [-0.4, -0.2) is 16.9 Å². The quantitative estimate of drug-likeness (QED) is 0.532. The maximum Gasteiger partial charge on any atom is 0.258 e. The number of aromatic nitrogens is 1. The third-order valence-electron chi connectivity index (χ3n) is 5.05. The molecule has 0 unspecified atom stereocenters. The number of rotatable bonds is 4. The van der Waals surface area contributed by atoms with Crippen molar-refractivity contribution in [3.05, 3.63) is 88.7 Å². The normalized spacial score (nSPS) is 12.2. The minimum absolute atomic E-state index is 0. The Morgan fingerprint density at radius 1 is 1.11 bits per heavy atom. The zero-order valence-corrected chi connectivity index (χ0v) is 16.9. The monoisotopic (exact) mass is 409 g/mol. The summed E-state index contributed by atoms with van der Waals surface area (Å²) in [5.41, 5.74) is 5.76. The van der Waals surface area contributed by atoms with Gasteiger partial charge in [-0.05, 0) is 53.9 Å². The van der Waals surface area contributed by atoms with Crippen LogP contribution in [0.5, 0.6) is 0 Å². The molecule has 1 aliphatic rings. The van der Waals surface area contributed by atoms with Crippen molar-refractivity contribution in [3.63, 3.8) is 0 Å². The summed E-state index contributed by atoms with van der Waals surface area (Å²) in [6, 6.07) is 17.7. The molecule has 3 aromatic rings. The summed E-state index contributed by atoms with van der Waals surface area (Å²) < 4.78 is 2.18. The molecule has 0 fully saturated rings. The molecule has 28 heavy (non-hydrogen) atoms. The Morgan fingerprint density at radius 2 is 1.93 bits per heavy atom. The van der Waals surface area contributed by atoms with Gasteiger partial charge in [0.15, 0.2) is 0 Å². The molecule has 0 spiro atoms. The number of amides is 2. The van der Waals surface area contributed by atoms with E-state index in [1.54, 1.807) is 6.41 Å². The number of benzene rings is 2. The number of nitrogens with zero attached hydrogens (tertiary/aromatic N) is 2. The number of carbonyl (C=O) groups excluding carboxylic acids is 2. The van der Waals surface area contributed by atoms with Gasteiger partial charge in [-0.3, -0.25) is 4.79 Å². The van der Waals surface area contributed by atoms with Gasteiger partial charge in [-0.15, -0.1) is 0 Å². The van der Waals surface area contributed by atoms with Crippen molar-refractivity contribution in [1.82, 2.24) is 9.88 Å². The van der Waals surface area contributed by atoms with E-state index in [0.29, 0.717) is 18.7 Å².